The summed E-state index contributed by atoms with van der Waals surface area (Å²) in [6, 6.07) is 5.36. The van der Waals surface area contributed by atoms with Gasteiger partial charge in [-0.25, -0.2) is 0 Å². The van der Waals surface area contributed by atoms with Crippen molar-refractivity contribution in [1.82, 2.24) is 0 Å². The highest BCUT2D eigenvalue weighted by molar-refractivity contribution is 6.30. The van der Waals surface area contributed by atoms with Crippen LogP contribution in [0.25, 0.3) is 0 Å². The molecule has 0 radical (unpaired) electrons. The molecule has 1 N–H and O–H groups in total. The number of hydrogen-bond donors (Lipinski definition) is 1. The van der Waals surface area contributed by atoms with Gasteiger partial charge in [-0.15, -0.1) is 0 Å². The zero-order valence-electron chi connectivity index (χ0n) is 10.0. The van der Waals surface area contributed by atoms with E-state index in [-0.39, 0.29) is 6.10 Å². The van der Waals surface area contributed by atoms with Gasteiger partial charge in [0.25, 0.3) is 0 Å². The highest BCUT2D eigenvalue weighted by Gasteiger charge is 2.13. The fourth-order valence-corrected chi connectivity index (χ4v) is 1.77. The van der Waals surface area contributed by atoms with E-state index in [4.69, 9.17) is 16.3 Å². The summed E-state index contributed by atoms with van der Waals surface area (Å²) in [6.07, 6.45) is 1.54. The Morgan fingerprint density at radius 1 is 1.31 bits per heavy atom. The minimum atomic E-state index is -0.567. The van der Waals surface area contributed by atoms with Crippen LogP contribution in [0.15, 0.2) is 18.2 Å². The fraction of sp³-hybridized carbons (Fsp3) is 0.538. The Hall–Kier alpha value is -0.730. The van der Waals surface area contributed by atoms with Gasteiger partial charge in [0.15, 0.2) is 0 Å². The molecule has 2 nitrogen and oxygen atoms in total. The number of hydrogen-bond acceptors (Lipinski definition) is 2. The number of aliphatic hydroxyl groups is 1. The largest absolute Gasteiger partial charge is 0.490 e. The molecule has 90 valence electrons. The molecule has 0 aromatic heterocycles. The molecule has 0 spiro atoms. The Labute approximate surface area is 102 Å². The van der Waals surface area contributed by atoms with E-state index in [2.05, 4.69) is 13.8 Å². The minimum absolute atomic E-state index is 0.193. The van der Waals surface area contributed by atoms with Crippen LogP contribution in [0.3, 0.4) is 0 Å². The average Bonchev–Trinajstić information content (AvgIpc) is 2.27. The van der Waals surface area contributed by atoms with Gasteiger partial charge in [-0.05, 0) is 38.0 Å². The molecule has 0 fully saturated rings. The molecule has 1 rings (SSSR count). The predicted octanol–water partition coefficient (Wildman–Crippen LogP) is 3.96. The van der Waals surface area contributed by atoms with Crippen molar-refractivity contribution >= 4 is 11.6 Å². The van der Waals surface area contributed by atoms with E-state index in [1.165, 1.54) is 0 Å². The highest BCUT2D eigenvalue weighted by Crippen LogP contribution is 2.29. The van der Waals surface area contributed by atoms with Crippen LogP contribution in [0.4, 0.5) is 0 Å². The minimum Gasteiger partial charge on any atom is -0.490 e. The Kier molecular flexibility index (Phi) is 5.10. The Morgan fingerprint density at radius 2 is 1.94 bits per heavy atom. The molecule has 1 aromatic carbocycles. The second-order valence-corrected chi connectivity index (χ2v) is 4.35. The summed E-state index contributed by atoms with van der Waals surface area (Å²) in [5, 5.41) is 10.3. The van der Waals surface area contributed by atoms with Gasteiger partial charge in [-0.3, -0.25) is 0 Å². The van der Waals surface area contributed by atoms with Crippen molar-refractivity contribution in [3.05, 3.63) is 28.8 Å². The molecule has 0 heterocycles. The Balaban J connectivity index is 2.94. The average molecular weight is 243 g/mol. The first-order chi connectivity index (χ1) is 7.58. The lowest BCUT2D eigenvalue weighted by atomic mass is 10.1. The molecule has 0 saturated heterocycles. The van der Waals surface area contributed by atoms with Gasteiger partial charge in [-0.1, -0.05) is 25.4 Å². The van der Waals surface area contributed by atoms with Crippen LogP contribution in [0, 0.1) is 0 Å². The smallest absolute Gasteiger partial charge is 0.125 e. The van der Waals surface area contributed by atoms with Crippen LogP contribution in [-0.4, -0.2) is 11.2 Å². The van der Waals surface area contributed by atoms with E-state index in [1.54, 1.807) is 19.1 Å². The number of aliphatic hydroxyl groups excluding tert-OH is 1. The molecule has 16 heavy (non-hydrogen) atoms. The van der Waals surface area contributed by atoms with Crippen molar-refractivity contribution in [3.8, 4) is 5.75 Å². The SMILES string of the molecule is CCC(CC)Oc1ccc(Cl)cc1C(C)O. The van der Waals surface area contributed by atoms with Crippen molar-refractivity contribution in [1.29, 1.82) is 0 Å². The first-order valence-corrected chi connectivity index (χ1v) is 6.10. The van der Waals surface area contributed by atoms with E-state index in [0.29, 0.717) is 5.02 Å². The molecular weight excluding hydrogens is 224 g/mol. The van der Waals surface area contributed by atoms with Crippen LogP contribution < -0.4 is 4.74 Å². The summed E-state index contributed by atoms with van der Waals surface area (Å²) in [5.41, 5.74) is 0.749. The molecule has 1 atom stereocenters. The van der Waals surface area contributed by atoms with E-state index < -0.39 is 6.10 Å². The molecular formula is C13H19ClO2. The second-order valence-electron chi connectivity index (χ2n) is 3.91. The van der Waals surface area contributed by atoms with Crippen LogP contribution >= 0.6 is 11.6 Å². The topological polar surface area (TPSA) is 29.5 Å². The molecule has 0 bridgehead atoms. The molecule has 0 aliphatic carbocycles. The number of rotatable bonds is 5. The second kappa shape index (κ2) is 6.12. The lowest BCUT2D eigenvalue weighted by Crippen LogP contribution is -2.15. The Morgan fingerprint density at radius 3 is 2.44 bits per heavy atom. The van der Waals surface area contributed by atoms with Crippen LogP contribution in [0.5, 0.6) is 5.75 Å². The van der Waals surface area contributed by atoms with Gasteiger partial charge in [-0.2, -0.15) is 0 Å². The van der Waals surface area contributed by atoms with Crippen molar-refractivity contribution in [2.24, 2.45) is 0 Å². The summed E-state index contributed by atoms with van der Waals surface area (Å²) >= 11 is 5.90. The zero-order valence-corrected chi connectivity index (χ0v) is 10.8. The summed E-state index contributed by atoms with van der Waals surface area (Å²) in [4.78, 5) is 0. The summed E-state index contributed by atoms with van der Waals surface area (Å²) in [5.74, 6) is 0.730. The summed E-state index contributed by atoms with van der Waals surface area (Å²) in [7, 11) is 0. The normalized spacial score (nSPS) is 12.9. The molecule has 0 aliphatic rings. The van der Waals surface area contributed by atoms with E-state index >= 15 is 0 Å². The van der Waals surface area contributed by atoms with E-state index in [1.807, 2.05) is 6.07 Å². The molecule has 0 amide bonds. The first-order valence-electron chi connectivity index (χ1n) is 5.72. The Bertz CT molecular complexity index is 333. The zero-order chi connectivity index (χ0) is 12.1. The third-order valence-corrected chi connectivity index (χ3v) is 2.86. The van der Waals surface area contributed by atoms with Crippen molar-refractivity contribution < 1.29 is 9.84 Å². The number of benzene rings is 1. The highest BCUT2D eigenvalue weighted by atomic mass is 35.5. The maximum absolute atomic E-state index is 9.65. The fourth-order valence-electron chi connectivity index (χ4n) is 1.59. The molecule has 0 aliphatic heterocycles. The van der Waals surface area contributed by atoms with Gasteiger partial charge in [0.1, 0.15) is 5.75 Å². The summed E-state index contributed by atoms with van der Waals surface area (Å²) in [6.45, 7) is 5.89. The van der Waals surface area contributed by atoms with Crippen molar-refractivity contribution in [3.63, 3.8) is 0 Å². The maximum Gasteiger partial charge on any atom is 0.125 e. The van der Waals surface area contributed by atoms with Gasteiger partial charge in [0, 0.05) is 10.6 Å². The number of ether oxygens (including phenoxy) is 1. The van der Waals surface area contributed by atoms with Crippen LogP contribution in [0.2, 0.25) is 5.02 Å². The lowest BCUT2D eigenvalue weighted by Gasteiger charge is -2.19. The van der Waals surface area contributed by atoms with Crippen LogP contribution in [-0.2, 0) is 0 Å². The molecule has 1 unspecified atom stereocenters. The van der Waals surface area contributed by atoms with Gasteiger partial charge in [0.2, 0.25) is 0 Å². The van der Waals surface area contributed by atoms with E-state index in [0.717, 1.165) is 24.2 Å². The quantitative estimate of drug-likeness (QED) is 0.847. The monoisotopic (exact) mass is 242 g/mol. The number of halogens is 1. The molecule has 1 aromatic rings. The summed E-state index contributed by atoms with van der Waals surface area (Å²) < 4.78 is 5.84. The molecule has 3 heteroatoms. The third-order valence-electron chi connectivity index (χ3n) is 2.63. The van der Waals surface area contributed by atoms with Gasteiger partial charge in [0.05, 0.1) is 12.2 Å². The standard InChI is InChI=1S/C13H19ClO2/c1-4-11(5-2)16-13-7-6-10(14)8-12(13)9(3)15/h6-9,11,15H,4-5H2,1-3H3. The van der Waals surface area contributed by atoms with Gasteiger partial charge < -0.3 is 9.84 Å². The van der Waals surface area contributed by atoms with Crippen molar-refractivity contribution in [2.75, 3.05) is 0 Å². The predicted molar refractivity (Wildman–Crippen MR) is 67.1 cm³/mol. The lowest BCUT2D eigenvalue weighted by molar-refractivity contribution is 0.166. The third kappa shape index (κ3) is 3.39. The molecule has 0 saturated carbocycles. The van der Waals surface area contributed by atoms with E-state index in [9.17, 15) is 5.11 Å². The van der Waals surface area contributed by atoms with Gasteiger partial charge >= 0.3 is 0 Å². The van der Waals surface area contributed by atoms with Crippen molar-refractivity contribution in [2.45, 2.75) is 45.8 Å². The first kappa shape index (κ1) is 13.3. The van der Waals surface area contributed by atoms with Crippen LogP contribution in [0.1, 0.15) is 45.3 Å². The maximum atomic E-state index is 9.65.